The molecule has 5 nitrogen and oxygen atoms in total. The van der Waals surface area contributed by atoms with Crippen LogP contribution in [0.25, 0.3) is 5.76 Å². The molecule has 0 bridgehead atoms. The third-order valence-corrected chi connectivity index (χ3v) is 6.06. The Kier molecular flexibility index (Phi) is 5.81. The lowest BCUT2D eigenvalue weighted by atomic mass is 9.92. The molecule has 1 fully saturated rings. The van der Waals surface area contributed by atoms with E-state index in [1.165, 1.54) is 17.0 Å². The molecule has 1 amide bonds. The Labute approximate surface area is 189 Å². The Morgan fingerprint density at radius 1 is 1.03 bits per heavy atom. The molecule has 0 aliphatic carbocycles. The maximum absolute atomic E-state index is 13.1. The highest BCUT2D eigenvalue weighted by Crippen LogP contribution is 2.41. The SMILES string of the molecule is Cc1ccccc1C1/C(=C(\O)c2ccc(Cl)c(Cl)c2)C(=O)C(=O)N1Cc1ccncc1. The van der Waals surface area contributed by atoms with Crippen molar-refractivity contribution in [3.63, 3.8) is 0 Å². The first-order valence-corrected chi connectivity index (χ1v) is 10.3. The number of hydrogen-bond acceptors (Lipinski definition) is 4. The molecular formula is C24H18Cl2N2O3. The molecule has 1 saturated heterocycles. The molecular weight excluding hydrogens is 435 g/mol. The van der Waals surface area contributed by atoms with Gasteiger partial charge in [0.15, 0.2) is 0 Å². The van der Waals surface area contributed by atoms with Crippen LogP contribution >= 0.6 is 23.2 Å². The molecule has 1 aliphatic heterocycles. The predicted molar refractivity (Wildman–Crippen MR) is 120 cm³/mol. The van der Waals surface area contributed by atoms with E-state index in [4.69, 9.17) is 23.2 Å². The molecule has 4 rings (SSSR count). The van der Waals surface area contributed by atoms with E-state index in [9.17, 15) is 14.7 Å². The Balaban J connectivity index is 1.90. The zero-order valence-electron chi connectivity index (χ0n) is 16.5. The smallest absolute Gasteiger partial charge is 0.295 e. The molecule has 156 valence electrons. The van der Waals surface area contributed by atoms with Gasteiger partial charge in [0, 0.05) is 24.5 Å². The number of benzene rings is 2. The number of carbonyl (C=O) groups excluding carboxylic acids is 2. The second-order valence-corrected chi connectivity index (χ2v) is 8.08. The number of halogens is 2. The molecule has 0 spiro atoms. The van der Waals surface area contributed by atoms with Gasteiger partial charge in [-0.15, -0.1) is 0 Å². The van der Waals surface area contributed by atoms with E-state index in [1.54, 1.807) is 30.6 Å². The molecule has 1 aromatic heterocycles. The number of Topliss-reactive ketones (excluding diaryl/α,β-unsaturated/α-hetero) is 1. The summed E-state index contributed by atoms with van der Waals surface area (Å²) in [5.41, 5.74) is 2.82. The first-order valence-electron chi connectivity index (χ1n) is 9.56. The van der Waals surface area contributed by atoms with Crippen LogP contribution in [0.4, 0.5) is 0 Å². The van der Waals surface area contributed by atoms with Crippen molar-refractivity contribution in [1.29, 1.82) is 0 Å². The monoisotopic (exact) mass is 452 g/mol. The van der Waals surface area contributed by atoms with Crippen LogP contribution in [-0.4, -0.2) is 26.7 Å². The lowest BCUT2D eigenvalue weighted by Gasteiger charge is -2.26. The fraction of sp³-hybridized carbons (Fsp3) is 0.125. The summed E-state index contributed by atoms with van der Waals surface area (Å²) in [5.74, 6) is -1.71. The Morgan fingerprint density at radius 2 is 1.74 bits per heavy atom. The third kappa shape index (κ3) is 3.94. The highest BCUT2D eigenvalue weighted by Gasteiger charge is 2.46. The number of hydrogen-bond donors (Lipinski definition) is 1. The number of aromatic nitrogens is 1. The van der Waals surface area contributed by atoms with Crippen molar-refractivity contribution in [1.82, 2.24) is 9.88 Å². The molecule has 0 radical (unpaired) electrons. The number of pyridine rings is 1. The zero-order chi connectivity index (χ0) is 22.1. The van der Waals surface area contributed by atoms with E-state index in [0.29, 0.717) is 10.6 Å². The number of aliphatic hydroxyl groups is 1. The van der Waals surface area contributed by atoms with Gasteiger partial charge in [-0.25, -0.2) is 0 Å². The first-order chi connectivity index (χ1) is 14.9. The largest absolute Gasteiger partial charge is 0.507 e. The van der Waals surface area contributed by atoms with E-state index >= 15 is 0 Å². The number of amides is 1. The van der Waals surface area contributed by atoms with Crippen LogP contribution in [-0.2, 0) is 16.1 Å². The zero-order valence-corrected chi connectivity index (χ0v) is 18.1. The van der Waals surface area contributed by atoms with Crippen molar-refractivity contribution in [2.45, 2.75) is 19.5 Å². The minimum absolute atomic E-state index is 0.0201. The van der Waals surface area contributed by atoms with Crippen molar-refractivity contribution < 1.29 is 14.7 Å². The Morgan fingerprint density at radius 3 is 2.42 bits per heavy atom. The summed E-state index contributed by atoms with van der Waals surface area (Å²) in [6.45, 7) is 2.10. The van der Waals surface area contributed by atoms with E-state index in [1.807, 2.05) is 31.2 Å². The summed E-state index contributed by atoms with van der Waals surface area (Å²) in [6, 6.07) is 14.9. The van der Waals surface area contributed by atoms with Gasteiger partial charge >= 0.3 is 0 Å². The topological polar surface area (TPSA) is 70.5 Å². The lowest BCUT2D eigenvalue weighted by molar-refractivity contribution is -0.140. The predicted octanol–water partition coefficient (Wildman–Crippen LogP) is 5.32. The molecule has 0 saturated carbocycles. The van der Waals surface area contributed by atoms with Gasteiger partial charge in [0.2, 0.25) is 0 Å². The van der Waals surface area contributed by atoms with Gasteiger partial charge in [-0.05, 0) is 53.9 Å². The average Bonchev–Trinajstić information content (AvgIpc) is 3.01. The quantitative estimate of drug-likeness (QED) is 0.330. The highest BCUT2D eigenvalue weighted by molar-refractivity contribution is 6.46. The first kappa shape index (κ1) is 21.1. The molecule has 31 heavy (non-hydrogen) atoms. The van der Waals surface area contributed by atoms with Gasteiger partial charge in [0.05, 0.1) is 21.7 Å². The number of aryl methyl sites for hydroxylation is 1. The van der Waals surface area contributed by atoms with Gasteiger partial charge in [0.1, 0.15) is 5.76 Å². The van der Waals surface area contributed by atoms with Crippen LogP contribution in [0.2, 0.25) is 10.0 Å². The van der Waals surface area contributed by atoms with Gasteiger partial charge in [-0.3, -0.25) is 14.6 Å². The number of carbonyl (C=O) groups is 2. The van der Waals surface area contributed by atoms with Crippen molar-refractivity contribution in [2.75, 3.05) is 0 Å². The van der Waals surface area contributed by atoms with Crippen molar-refractivity contribution in [3.05, 3.63) is 105 Å². The Hall–Kier alpha value is -3.15. The van der Waals surface area contributed by atoms with Crippen molar-refractivity contribution in [2.24, 2.45) is 0 Å². The van der Waals surface area contributed by atoms with Crippen molar-refractivity contribution >= 4 is 40.7 Å². The number of likely N-dealkylation sites (tertiary alicyclic amines) is 1. The van der Waals surface area contributed by atoms with E-state index in [2.05, 4.69) is 4.98 Å². The summed E-state index contributed by atoms with van der Waals surface area (Å²) in [7, 11) is 0. The summed E-state index contributed by atoms with van der Waals surface area (Å²) >= 11 is 12.1. The molecule has 2 aromatic carbocycles. The fourth-order valence-electron chi connectivity index (χ4n) is 3.74. The summed E-state index contributed by atoms with van der Waals surface area (Å²) < 4.78 is 0. The molecule has 3 aromatic rings. The molecule has 1 unspecified atom stereocenters. The van der Waals surface area contributed by atoms with E-state index in [0.717, 1.165) is 16.7 Å². The van der Waals surface area contributed by atoms with Gasteiger partial charge < -0.3 is 10.0 Å². The third-order valence-electron chi connectivity index (χ3n) is 5.32. The van der Waals surface area contributed by atoms with E-state index in [-0.39, 0.29) is 22.9 Å². The second-order valence-electron chi connectivity index (χ2n) is 7.27. The van der Waals surface area contributed by atoms with Crippen LogP contribution < -0.4 is 0 Å². The lowest BCUT2D eigenvalue weighted by Crippen LogP contribution is -2.29. The molecule has 1 atom stereocenters. The number of ketones is 1. The van der Waals surface area contributed by atoms with Gasteiger partial charge in [-0.1, -0.05) is 47.5 Å². The second kappa shape index (κ2) is 8.53. The number of rotatable bonds is 4. The Bertz CT molecular complexity index is 1210. The van der Waals surface area contributed by atoms with Gasteiger partial charge in [0.25, 0.3) is 11.7 Å². The number of nitrogens with zero attached hydrogens (tertiary/aromatic N) is 2. The maximum Gasteiger partial charge on any atom is 0.295 e. The van der Waals surface area contributed by atoms with Crippen LogP contribution in [0.3, 0.4) is 0 Å². The highest BCUT2D eigenvalue weighted by atomic mass is 35.5. The fourth-order valence-corrected chi connectivity index (χ4v) is 4.04. The van der Waals surface area contributed by atoms with E-state index < -0.39 is 17.7 Å². The van der Waals surface area contributed by atoms with Crippen molar-refractivity contribution in [3.8, 4) is 0 Å². The standard InChI is InChI=1S/C24H18Cl2N2O3/c1-14-4-2-3-5-17(14)21-20(22(29)16-6-7-18(25)19(26)12-16)23(30)24(31)28(21)13-15-8-10-27-11-9-15/h2-12,21,29H,13H2,1H3/b22-20+. The summed E-state index contributed by atoms with van der Waals surface area (Å²) in [5, 5.41) is 11.7. The minimum Gasteiger partial charge on any atom is -0.507 e. The number of aliphatic hydroxyl groups excluding tert-OH is 1. The molecule has 1 N–H and O–H groups in total. The minimum atomic E-state index is -0.746. The summed E-state index contributed by atoms with van der Waals surface area (Å²) in [4.78, 5) is 31.6. The molecule has 2 heterocycles. The van der Waals surface area contributed by atoms with Crippen LogP contribution in [0.15, 0.2) is 72.6 Å². The normalized spacial score (nSPS) is 17.9. The van der Waals surface area contributed by atoms with Crippen LogP contribution in [0.1, 0.15) is 28.3 Å². The maximum atomic E-state index is 13.1. The summed E-state index contributed by atoms with van der Waals surface area (Å²) in [6.07, 6.45) is 3.26. The van der Waals surface area contributed by atoms with Gasteiger partial charge in [-0.2, -0.15) is 0 Å². The molecule has 7 heteroatoms. The molecule has 1 aliphatic rings. The van der Waals surface area contributed by atoms with Crippen LogP contribution in [0, 0.1) is 6.92 Å². The average molecular weight is 453 g/mol. The van der Waals surface area contributed by atoms with Crippen LogP contribution in [0.5, 0.6) is 0 Å².